The Bertz CT molecular complexity index is 590. The number of carboxylic acid groups (broad SMARTS) is 1. The largest absolute Gasteiger partial charge is 0.480 e. The van der Waals surface area contributed by atoms with Crippen molar-refractivity contribution in [1.29, 1.82) is 0 Å². The Labute approximate surface area is 115 Å². The molecule has 1 aliphatic rings. The Kier molecular flexibility index (Phi) is 3.48. The quantitative estimate of drug-likeness (QED) is 0.903. The first-order chi connectivity index (χ1) is 9.27. The van der Waals surface area contributed by atoms with E-state index in [0.717, 1.165) is 41.1 Å². The van der Waals surface area contributed by atoms with E-state index in [2.05, 4.69) is 9.88 Å². The van der Waals surface area contributed by atoms with Gasteiger partial charge in [0.2, 0.25) is 0 Å². The van der Waals surface area contributed by atoms with Crippen molar-refractivity contribution in [3.8, 4) is 0 Å². The molecule has 19 heavy (non-hydrogen) atoms. The molecule has 4 nitrogen and oxygen atoms in total. The van der Waals surface area contributed by atoms with E-state index in [9.17, 15) is 9.90 Å². The Morgan fingerprint density at radius 2 is 2.05 bits per heavy atom. The van der Waals surface area contributed by atoms with Gasteiger partial charge in [-0.15, -0.1) is 0 Å². The smallest absolute Gasteiger partial charge is 0.325 e. The molecule has 0 spiro atoms. The lowest BCUT2D eigenvalue weighted by Gasteiger charge is -2.31. The number of thioether (sulfide) groups is 1. The second kappa shape index (κ2) is 5.27. The van der Waals surface area contributed by atoms with Crippen LogP contribution in [0.15, 0.2) is 30.5 Å². The zero-order chi connectivity index (χ0) is 13.2. The number of carbonyl (C=O) groups is 1. The van der Waals surface area contributed by atoms with E-state index in [1.165, 1.54) is 0 Å². The molecule has 5 heteroatoms. The van der Waals surface area contributed by atoms with Crippen molar-refractivity contribution in [3.63, 3.8) is 0 Å². The molecular formula is C14H16N2O2S. The average Bonchev–Trinajstić information content (AvgIpc) is 2.84. The van der Waals surface area contributed by atoms with Crippen LogP contribution in [0.5, 0.6) is 0 Å². The summed E-state index contributed by atoms with van der Waals surface area (Å²) in [6, 6.07) is 7.32. The predicted molar refractivity (Wildman–Crippen MR) is 77.6 cm³/mol. The third-order valence-corrected chi connectivity index (χ3v) is 4.50. The molecule has 1 aliphatic heterocycles. The third-order valence-electron chi connectivity index (χ3n) is 3.56. The number of hydrogen-bond acceptors (Lipinski definition) is 3. The van der Waals surface area contributed by atoms with Gasteiger partial charge in [0.05, 0.1) is 0 Å². The summed E-state index contributed by atoms with van der Waals surface area (Å²) < 4.78 is 0. The molecule has 0 radical (unpaired) electrons. The highest BCUT2D eigenvalue weighted by molar-refractivity contribution is 7.99. The summed E-state index contributed by atoms with van der Waals surface area (Å²) in [4.78, 5) is 16.9. The lowest BCUT2D eigenvalue weighted by molar-refractivity contribution is -0.143. The highest BCUT2D eigenvalue weighted by Crippen LogP contribution is 2.30. The van der Waals surface area contributed by atoms with Gasteiger partial charge in [-0.3, -0.25) is 9.69 Å². The van der Waals surface area contributed by atoms with E-state index in [4.69, 9.17) is 0 Å². The number of aliphatic carboxylic acids is 1. The number of nitrogens with zero attached hydrogens (tertiary/aromatic N) is 1. The molecular weight excluding hydrogens is 260 g/mol. The standard InChI is InChI=1S/C14H16N2O2S/c17-14(18)13(16-5-7-19-8-6-16)11-9-15-12-4-2-1-3-10(11)12/h1-4,9,13,15H,5-8H2,(H,17,18). The van der Waals surface area contributed by atoms with Crippen LogP contribution in [-0.4, -0.2) is 45.6 Å². The van der Waals surface area contributed by atoms with Crippen LogP contribution in [0, 0.1) is 0 Å². The van der Waals surface area contributed by atoms with Gasteiger partial charge in [-0.05, 0) is 6.07 Å². The molecule has 0 bridgehead atoms. The minimum atomic E-state index is -0.767. The number of aromatic amines is 1. The minimum absolute atomic E-state index is 0.544. The van der Waals surface area contributed by atoms with Gasteiger partial charge in [0.15, 0.2) is 0 Å². The molecule has 2 heterocycles. The van der Waals surface area contributed by atoms with Crippen molar-refractivity contribution in [2.75, 3.05) is 24.6 Å². The van der Waals surface area contributed by atoms with Crippen LogP contribution in [0.25, 0.3) is 10.9 Å². The fourth-order valence-corrected chi connectivity index (χ4v) is 3.57. The summed E-state index contributed by atoms with van der Waals surface area (Å²) in [6.07, 6.45) is 1.84. The number of carboxylic acids is 1. The van der Waals surface area contributed by atoms with Crippen LogP contribution in [0.4, 0.5) is 0 Å². The number of benzene rings is 1. The molecule has 2 aromatic rings. The summed E-state index contributed by atoms with van der Waals surface area (Å²) >= 11 is 1.89. The van der Waals surface area contributed by atoms with Gasteiger partial charge >= 0.3 is 5.97 Å². The van der Waals surface area contributed by atoms with Gasteiger partial charge in [-0.2, -0.15) is 11.8 Å². The molecule has 0 saturated carbocycles. The zero-order valence-corrected chi connectivity index (χ0v) is 11.3. The topological polar surface area (TPSA) is 56.3 Å². The molecule has 0 aliphatic carbocycles. The summed E-state index contributed by atoms with van der Waals surface area (Å²) in [5.74, 6) is 1.25. The van der Waals surface area contributed by atoms with Crippen molar-refractivity contribution in [3.05, 3.63) is 36.0 Å². The molecule has 1 unspecified atom stereocenters. The number of nitrogens with one attached hydrogen (secondary N) is 1. The first kappa shape index (κ1) is 12.6. The SMILES string of the molecule is O=C(O)C(c1c[nH]c2ccccc12)N1CCSCC1. The number of rotatable bonds is 3. The average molecular weight is 276 g/mol. The van der Waals surface area contributed by atoms with E-state index < -0.39 is 12.0 Å². The van der Waals surface area contributed by atoms with Crippen LogP contribution in [-0.2, 0) is 4.79 Å². The summed E-state index contributed by atoms with van der Waals surface area (Å²) in [6.45, 7) is 1.67. The van der Waals surface area contributed by atoms with Crippen LogP contribution in [0.1, 0.15) is 11.6 Å². The number of fused-ring (bicyclic) bond motifs is 1. The Morgan fingerprint density at radius 3 is 2.79 bits per heavy atom. The summed E-state index contributed by atoms with van der Waals surface area (Å²) in [5, 5.41) is 10.6. The van der Waals surface area contributed by atoms with Crippen LogP contribution in [0.2, 0.25) is 0 Å². The Hall–Kier alpha value is -1.46. The maximum absolute atomic E-state index is 11.7. The highest BCUT2D eigenvalue weighted by atomic mass is 32.2. The summed E-state index contributed by atoms with van der Waals surface area (Å²) in [7, 11) is 0. The van der Waals surface area contributed by atoms with Gasteiger partial charge in [-0.25, -0.2) is 0 Å². The molecule has 1 fully saturated rings. The van der Waals surface area contributed by atoms with Gasteiger partial charge in [0, 0.05) is 47.3 Å². The van der Waals surface area contributed by atoms with Crippen molar-refractivity contribution in [2.24, 2.45) is 0 Å². The second-order valence-electron chi connectivity index (χ2n) is 4.68. The Balaban J connectivity index is 2.01. The summed E-state index contributed by atoms with van der Waals surface area (Å²) in [5.41, 5.74) is 1.87. The van der Waals surface area contributed by atoms with Gasteiger partial charge < -0.3 is 10.1 Å². The fraction of sp³-hybridized carbons (Fsp3) is 0.357. The normalized spacial score (nSPS) is 18.5. The first-order valence-electron chi connectivity index (χ1n) is 6.38. The van der Waals surface area contributed by atoms with E-state index in [1.54, 1.807) is 0 Å². The number of hydrogen-bond donors (Lipinski definition) is 2. The predicted octanol–water partition coefficient (Wildman–Crippen LogP) is 2.34. The van der Waals surface area contributed by atoms with E-state index in [-0.39, 0.29) is 0 Å². The van der Waals surface area contributed by atoms with Crippen molar-refractivity contribution in [2.45, 2.75) is 6.04 Å². The van der Waals surface area contributed by atoms with Crippen molar-refractivity contribution < 1.29 is 9.90 Å². The number of aromatic nitrogens is 1. The molecule has 0 amide bonds. The van der Waals surface area contributed by atoms with E-state index in [0.29, 0.717) is 0 Å². The fourth-order valence-electron chi connectivity index (χ4n) is 2.64. The zero-order valence-electron chi connectivity index (χ0n) is 10.5. The van der Waals surface area contributed by atoms with Crippen LogP contribution in [0.3, 0.4) is 0 Å². The molecule has 100 valence electrons. The number of para-hydroxylation sites is 1. The van der Waals surface area contributed by atoms with Crippen molar-refractivity contribution >= 4 is 28.6 Å². The number of H-pyrrole nitrogens is 1. The maximum Gasteiger partial charge on any atom is 0.325 e. The highest BCUT2D eigenvalue weighted by Gasteiger charge is 2.30. The molecule has 1 aromatic heterocycles. The maximum atomic E-state index is 11.7. The van der Waals surface area contributed by atoms with E-state index >= 15 is 0 Å². The first-order valence-corrected chi connectivity index (χ1v) is 7.53. The van der Waals surface area contributed by atoms with Gasteiger partial charge in [0.1, 0.15) is 6.04 Å². The lowest BCUT2D eigenvalue weighted by Crippen LogP contribution is -2.39. The lowest BCUT2D eigenvalue weighted by atomic mass is 10.0. The third kappa shape index (κ3) is 2.35. The van der Waals surface area contributed by atoms with Crippen LogP contribution < -0.4 is 0 Å². The second-order valence-corrected chi connectivity index (χ2v) is 5.90. The van der Waals surface area contributed by atoms with Crippen LogP contribution >= 0.6 is 11.8 Å². The monoisotopic (exact) mass is 276 g/mol. The van der Waals surface area contributed by atoms with Gasteiger partial charge in [0.25, 0.3) is 0 Å². The molecule has 1 saturated heterocycles. The van der Waals surface area contributed by atoms with Crippen molar-refractivity contribution in [1.82, 2.24) is 9.88 Å². The minimum Gasteiger partial charge on any atom is -0.480 e. The molecule has 1 aromatic carbocycles. The molecule has 3 rings (SSSR count). The van der Waals surface area contributed by atoms with Gasteiger partial charge in [-0.1, -0.05) is 18.2 Å². The molecule has 1 atom stereocenters. The van der Waals surface area contributed by atoms with E-state index in [1.807, 2.05) is 42.2 Å². The Morgan fingerprint density at radius 1 is 1.32 bits per heavy atom. The molecule has 2 N–H and O–H groups in total.